The molecule has 0 radical (unpaired) electrons. The molecule has 3 aromatic carbocycles. The van der Waals surface area contributed by atoms with Crippen LogP contribution in [0.1, 0.15) is 31.8 Å². The fraction of sp³-hybridized carbons (Fsp3) is 0.130. The van der Waals surface area contributed by atoms with Crippen molar-refractivity contribution in [1.29, 1.82) is 0 Å². The lowest BCUT2D eigenvalue weighted by Crippen LogP contribution is -2.36. The van der Waals surface area contributed by atoms with E-state index in [9.17, 15) is 14.0 Å². The number of carbonyl (C=O) groups excluding carboxylic acids is 2. The van der Waals surface area contributed by atoms with Crippen molar-refractivity contribution in [2.24, 2.45) is 0 Å². The number of nitrogens with zero attached hydrogens (tertiary/aromatic N) is 1. The molecule has 4 rings (SSSR count). The Morgan fingerprint density at radius 3 is 2.39 bits per heavy atom. The molecule has 0 fully saturated rings. The Morgan fingerprint density at radius 1 is 0.893 bits per heavy atom. The van der Waals surface area contributed by atoms with Crippen LogP contribution < -0.4 is 4.74 Å². The van der Waals surface area contributed by atoms with Gasteiger partial charge in [0.2, 0.25) is 0 Å². The molecule has 1 heterocycles. The predicted octanol–water partition coefficient (Wildman–Crippen LogP) is 4.24. The van der Waals surface area contributed by atoms with Crippen molar-refractivity contribution in [2.75, 3.05) is 6.54 Å². The molecule has 0 atom stereocenters. The van der Waals surface area contributed by atoms with Gasteiger partial charge in [0, 0.05) is 13.1 Å². The minimum atomic E-state index is -0.653. The van der Waals surface area contributed by atoms with Gasteiger partial charge in [-0.05, 0) is 47.9 Å². The van der Waals surface area contributed by atoms with Gasteiger partial charge in [-0.2, -0.15) is 0 Å². The molecule has 5 heteroatoms. The van der Waals surface area contributed by atoms with Crippen LogP contribution in [-0.2, 0) is 13.0 Å². The maximum atomic E-state index is 14.4. The van der Waals surface area contributed by atoms with Gasteiger partial charge < -0.3 is 9.64 Å². The summed E-state index contributed by atoms with van der Waals surface area (Å²) in [7, 11) is 0. The van der Waals surface area contributed by atoms with Crippen LogP contribution in [0.2, 0.25) is 0 Å². The summed E-state index contributed by atoms with van der Waals surface area (Å²) in [6.07, 6.45) is 0.721. The Hall–Kier alpha value is -3.47. The minimum Gasteiger partial charge on any atom is -0.423 e. The quantitative estimate of drug-likeness (QED) is 0.508. The lowest BCUT2D eigenvalue weighted by molar-refractivity contribution is 0.0729. The zero-order valence-corrected chi connectivity index (χ0v) is 15.1. The van der Waals surface area contributed by atoms with Crippen LogP contribution in [0.3, 0.4) is 0 Å². The van der Waals surface area contributed by atoms with E-state index in [0.717, 1.165) is 18.1 Å². The van der Waals surface area contributed by atoms with E-state index in [2.05, 4.69) is 0 Å². The van der Waals surface area contributed by atoms with Crippen LogP contribution >= 0.6 is 0 Å². The Bertz CT molecular complexity index is 1030. The number of hydrogen-bond donors (Lipinski definition) is 0. The number of benzene rings is 3. The molecule has 0 N–H and O–H groups in total. The van der Waals surface area contributed by atoms with Gasteiger partial charge in [0.1, 0.15) is 11.6 Å². The highest BCUT2D eigenvalue weighted by molar-refractivity contribution is 5.98. The number of halogens is 1. The highest BCUT2D eigenvalue weighted by atomic mass is 19.1. The summed E-state index contributed by atoms with van der Waals surface area (Å²) in [6, 6.07) is 20.2. The zero-order valence-electron chi connectivity index (χ0n) is 15.1. The predicted molar refractivity (Wildman–Crippen MR) is 103 cm³/mol. The van der Waals surface area contributed by atoms with Gasteiger partial charge in [0.25, 0.3) is 5.91 Å². The number of ether oxygens (including phenoxy) is 1. The monoisotopic (exact) mass is 375 g/mol. The molecule has 1 aliphatic rings. The highest BCUT2D eigenvalue weighted by Crippen LogP contribution is 2.22. The van der Waals surface area contributed by atoms with Gasteiger partial charge >= 0.3 is 5.97 Å². The topological polar surface area (TPSA) is 46.6 Å². The van der Waals surface area contributed by atoms with Gasteiger partial charge in [0.05, 0.1) is 11.1 Å². The Kier molecular flexibility index (Phi) is 4.89. The first-order valence-electron chi connectivity index (χ1n) is 9.04. The van der Waals surface area contributed by atoms with Crippen molar-refractivity contribution in [2.45, 2.75) is 13.0 Å². The number of amides is 1. The summed E-state index contributed by atoms with van der Waals surface area (Å²) in [6.45, 7) is 0.932. The maximum absolute atomic E-state index is 14.4. The van der Waals surface area contributed by atoms with Crippen molar-refractivity contribution >= 4 is 11.9 Å². The average Bonchev–Trinajstić information content (AvgIpc) is 2.74. The average molecular weight is 375 g/mol. The van der Waals surface area contributed by atoms with Gasteiger partial charge in [-0.3, -0.25) is 4.79 Å². The molecule has 0 aromatic heterocycles. The fourth-order valence-corrected chi connectivity index (χ4v) is 3.31. The molecular formula is C23H18FNO3. The summed E-state index contributed by atoms with van der Waals surface area (Å²) >= 11 is 0. The van der Waals surface area contributed by atoms with E-state index in [1.807, 2.05) is 30.3 Å². The first-order chi connectivity index (χ1) is 13.6. The van der Waals surface area contributed by atoms with Gasteiger partial charge in [-0.25, -0.2) is 9.18 Å². The minimum absolute atomic E-state index is 0.123. The lowest BCUT2D eigenvalue weighted by atomic mass is 9.99. The fourth-order valence-electron chi connectivity index (χ4n) is 3.31. The third-order valence-corrected chi connectivity index (χ3v) is 4.80. The summed E-state index contributed by atoms with van der Waals surface area (Å²) in [5, 5.41) is 0. The molecule has 0 saturated heterocycles. The van der Waals surface area contributed by atoms with E-state index in [0.29, 0.717) is 18.8 Å². The lowest BCUT2D eigenvalue weighted by Gasteiger charge is -2.29. The van der Waals surface area contributed by atoms with Crippen LogP contribution in [-0.4, -0.2) is 23.3 Å². The summed E-state index contributed by atoms with van der Waals surface area (Å²) in [4.78, 5) is 26.9. The summed E-state index contributed by atoms with van der Waals surface area (Å²) in [5.74, 6) is -1.33. The van der Waals surface area contributed by atoms with Crippen molar-refractivity contribution in [3.05, 3.63) is 101 Å². The number of esters is 1. The Labute approximate surface area is 162 Å². The maximum Gasteiger partial charge on any atom is 0.343 e. The third-order valence-electron chi connectivity index (χ3n) is 4.80. The summed E-state index contributed by atoms with van der Waals surface area (Å²) < 4.78 is 19.6. The van der Waals surface area contributed by atoms with Gasteiger partial charge in [-0.1, -0.05) is 42.5 Å². The van der Waals surface area contributed by atoms with E-state index in [1.54, 1.807) is 29.2 Å². The SMILES string of the molecule is O=C(Oc1ccccc1)c1ccc(F)c(C(=O)N2CCc3ccccc3C2)c1. The Balaban J connectivity index is 1.55. The standard InChI is InChI=1S/C23H18FNO3/c24-21-11-10-17(23(27)28-19-8-2-1-3-9-19)14-20(21)22(26)25-13-12-16-6-4-5-7-18(16)15-25/h1-11,14H,12-13,15H2. The second-order valence-electron chi connectivity index (χ2n) is 6.64. The molecule has 0 unspecified atom stereocenters. The second-order valence-corrected chi connectivity index (χ2v) is 6.64. The van der Waals surface area contributed by atoms with Gasteiger partial charge in [0.15, 0.2) is 0 Å². The van der Waals surface area contributed by atoms with Gasteiger partial charge in [-0.15, -0.1) is 0 Å². The highest BCUT2D eigenvalue weighted by Gasteiger charge is 2.25. The number of rotatable bonds is 3. The van der Waals surface area contributed by atoms with Crippen molar-refractivity contribution in [3.8, 4) is 5.75 Å². The van der Waals surface area contributed by atoms with E-state index in [1.165, 1.54) is 17.7 Å². The number of carbonyl (C=O) groups is 2. The van der Waals surface area contributed by atoms with E-state index >= 15 is 0 Å². The van der Waals surface area contributed by atoms with E-state index in [-0.39, 0.29) is 11.1 Å². The summed E-state index contributed by atoms with van der Waals surface area (Å²) in [5.41, 5.74) is 2.27. The van der Waals surface area contributed by atoms with Crippen LogP contribution in [0.15, 0.2) is 72.8 Å². The van der Waals surface area contributed by atoms with Crippen molar-refractivity contribution < 1.29 is 18.7 Å². The van der Waals surface area contributed by atoms with E-state index < -0.39 is 17.7 Å². The largest absolute Gasteiger partial charge is 0.423 e. The molecule has 1 aliphatic heterocycles. The molecule has 28 heavy (non-hydrogen) atoms. The second kappa shape index (κ2) is 7.64. The Morgan fingerprint density at radius 2 is 1.61 bits per heavy atom. The number of para-hydroxylation sites is 1. The van der Waals surface area contributed by atoms with Crippen LogP contribution in [0.25, 0.3) is 0 Å². The van der Waals surface area contributed by atoms with Crippen molar-refractivity contribution in [3.63, 3.8) is 0 Å². The van der Waals surface area contributed by atoms with Crippen LogP contribution in [0.5, 0.6) is 5.75 Å². The molecule has 0 saturated carbocycles. The zero-order chi connectivity index (χ0) is 19.5. The normalized spacial score (nSPS) is 13.0. The number of fused-ring (bicyclic) bond motifs is 1. The molecule has 1 amide bonds. The van der Waals surface area contributed by atoms with E-state index in [4.69, 9.17) is 4.74 Å². The van der Waals surface area contributed by atoms with Crippen LogP contribution in [0.4, 0.5) is 4.39 Å². The molecule has 3 aromatic rings. The molecule has 0 bridgehead atoms. The molecular weight excluding hydrogens is 357 g/mol. The van der Waals surface area contributed by atoms with Crippen LogP contribution in [0, 0.1) is 5.82 Å². The number of hydrogen-bond acceptors (Lipinski definition) is 3. The first kappa shape index (κ1) is 17.9. The molecule has 140 valence electrons. The van der Waals surface area contributed by atoms with Crippen molar-refractivity contribution in [1.82, 2.24) is 4.90 Å². The molecule has 0 spiro atoms. The molecule has 4 nitrogen and oxygen atoms in total. The third kappa shape index (κ3) is 3.64. The smallest absolute Gasteiger partial charge is 0.343 e. The first-order valence-corrected chi connectivity index (χ1v) is 9.04. The molecule has 0 aliphatic carbocycles.